The van der Waals surface area contributed by atoms with E-state index in [1.165, 1.54) is 0 Å². The maximum atomic E-state index is 9.94. The lowest BCUT2D eigenvalue weighted by atomic mass is 9.88. The summed E-state index contributed by atoms with van der Waals surface area (Å²) in [6.45, 7) is 11.4. The number of ether oxygens (including phenoxy) is 2. The molecule has 3 fully saturated rings. The molecule has 122 valence electrons. The van der Waals surface area contributed by atoms with E-state index in [1.54, 1.807) is 0 Å². The van der Waals surface area contributed by atoms with Gasteiger partial charge in [-0.2, -0.15) is 0 Å². The Morgan fingerprint density at radius 3 is 2.57 bits per heavy atom. The monoisotopic (exact) mass is 298 g/mol. The zero-order valence-corrected chi connectivity index (χ0v) is 13.5. The molecular weight excluding hydrogens is 268 g/mol. The number of hydrogen-bond acceptors (Lipinski definition) is 5. The Morgan fingerprint density at radius 1 is 1.19 bits per heavy atom. The summed E-state index contributed by atoms with van der Waals surface area (Å²) in [7, 11) is 0. The molecule has 0 radical (unpaired) electrons. The van der Waals surface area contributed by atoms with Gasteiger partial charge < -0.3 is 14.6 Å². The first-order valence-electron chi connectivity index (χ1n) is 8.36. The molecule has 2 atom stereocenters. The molecule has 3 saturated heterocycles. The molecule has 3 aliphatic heterocycles. The summed E-state index contributed by atoms with van der Waals surface area (Å²) < 4.78 is 11.6. The third kappa shape index (κ3) is 3.96. The summed E-state index contributed by atoms with van der Waals surface area (Å²) >= 11 is 0. The van der Waals surface area contributed by atoms with Gasteiger partial charge in [-0.15, -0.1) is 0 Å². The van der Waals surface area contributed by atoms with Crippen molar-refractivity contribution in [1.29, 1.82) is 0 Å². The molecule has 1 spiro atoms. The molecule has 5 nitrogen and oxygen atoms in total. The van der Waals surface area contributed by atoms with Crippen LogP contribution in [0.1, 0.15) is 33.1 Å². The first kappa shape index (κ1) is 15.7. The zero-order valence-electron chi connectivity index (χ0n) is 13.5. The maximum Gasteiger partial charge on any atom is 0.0951 e. The Balaban J connectivity index is 1.50. The van der Waals surface area contributed by atoms with E-state index in [0.717, 1.165) is 71.8 Å². The number of piperazine rings is 1. The van der Waals surface area contributed by atoms with Crippen LogP contribution in [0.5, 0.6) is 0 Å². The van der Waals surface area contributed by atoms with E-state index in [2.05, 4.69) is 9.80 Å². The van der Waals surface area contributed by atoms with Gasteiger partial charge in [0.1, 0.15) is 0 Å². The van der Waals surface area contributed by atoms with E-state index < -0.39 is 5.60 Å². The van der Waals surface area contributed by atoms with Gasteiger partial charge in [0.15, 0.2) is 0 Å². The molecule has 3 rings (SSSR count). The van der Waals surface area contributed by atoms with Crippen molar-refractivity contribution in [3.63, 3.8) is 0 Å². The van der Waals surface area contributed by atoms with Crippen LogP contribution in [-0.4, -0.2) is 84.7 Å². The highest BCUT2D eigenvalue weighted by Crippen LogP contribution is 2.35. The average molecular weight is 298 g/mol. The normalized spacial score (nSPS) is 36.4. The predicted octanol–water partition coefficient (Wildman–Crippen LogP) is 0.713. The number of rotatable bonds is 3. The van der Waals surface area contributed by atoms with Gasteiger partial charge >= 0.3 is 0 Å². The summed E-state index contributed by atoms with van der Waals surface area (Å²) in [6.07, 6.45) is 3.33. The van der Waals surface area contributed by atoms with Crippen molar-refractivity contribution in [3.8, 4) is 0 Å². The van der Waals surface area contributed by atoms with Gasteiger partial charge in [0.2, 0.25) is 0 Å². The standard InChI is InChI=1S/C16H30N2O3/c1-15(2,19)12-17-5-7-18(8-6-17)14-3-9-21-16(11-14)4-10-20-13-16/h14,19H,3-13H2,1-2H3. The molecular formula is C16H30N2O3. The SMILES string of the molecule is CC(C)(O)CN1CCN(C2CCOC3(CCOC3)C2)CC1. The Hall–Kier alpha value is -0.200. The third-order valence-electron chi connectivity index (χ3n) is 5.07. The van der Waals surface area contributed by atoms with Crippen LogP contribution < -0.4 is 0 Å². The van der Waals surface area contributed by atoms with Crippen molar-refractivity contribution in [2.24, 2.45) is 0 Å². The van der Waals surface area contributed by atoms with Gasteiger partial charge in [-0.3, -0.25) is 9.80 Å². The second kappa shape index (κ2) is 6.13. The fraction of sp³-hybridized carbons (Fsp3) is 1.00. The Labute approximate surface area is 128 Å². The largest absolute Gasteiger partial charge is 0.389 e. The molecule has 2 unspecified atom stereocenters. The second-order valence-corrected chi connectivity index (χ2v) is 7.61. The minimum atomic E-state index is -0.591. The molecule has 0 amide bonds. The lowest BCUT2D eigenvalue weighted by Crippen LogP contribution is -2.56. The molecule has 0 saturated carbocycles. The highest BCUT2D eigenvalue weighted by atomic mass is 16.6. The van der Waals surface area contributed by atoms with Crippen molar-refractivity contribution in [2.45, 2.75) is 50.4 Å². The van der Waals surface area contributed by atoms with E-state index in [9.17, 15) is 5.11 Å². The Morgan fingerprint density at radius 2 is 1.95 bits per heavy atom. The van der Waals surface area contributed by atoms with E-state index >= 15 is 0 Å². The van der Waals surface area contributed by atoms with Crippen molar-refractivity contribution < 1.29 is 14.6 Å². The molecule has 0 aromatic carbocycles. The van der Waals surface area contributed by atoms with Crippen molar-refractivity contribution in [3.05, 3.63) is 0 Å². The molecule has 21 heavy (non-hydrogen) atoms. The Bertz CT molecular complexity index is 342. The van der Waals surface area contributed by atoms with Crippen molar-refractivity contribution in [1.82, 2.24) is 9.80 Å². The fourth-order valence-corrected chi connectivity index (χ4v) is 4.01. The second-order valence-electron chi connectivity index (χ2n) is 7.61. The molecule has 0 aromatic rings. The lowest BCUT2D eigenvalue weighted by Gasteiger charge is -2.45. The minimum absolute atomic E-state index is 0.00708. The van der Waals surface area contributed by atoms with Crippen molar-refractivity contribution in [2.75, 3.05) is 52.5 Å². The van der Waals surface area contributed by atoms with E-state index in [1.807, 2.05) is 13.8 Å². The molecule has 0 aliphatic carbocycles. The summed E-state index contributed by atoms with van der Waals surface area (Å²) in [4.78, 5) is 5.01. The van der Waals surface area contributed by atoms with Gasteiger partial charge in [0.05, 0.1) is 17.8 Å². The molecule has 0 aromatic heterocycles. The molecule has 3 heterocycles. The van der Waals surface area contributed by atoms with Crippen LogP contribution in [0.2, 0.25) is 0 Å². The number of hydrogen-bond donors (Lipinski definition) is 1. The van der Waals surface area contributed by atoms with Crippen LogP contribution in [0, 0.1) is 0 Å². The van der Waals surface area contributed by atoms with Crippen LogP contribution in [0.4, 0.5) is 0 Å². The lowest BCUT2D eigenvalue weighted by molar-refractivity contribution is -0.111. The smallest absolute Gasteiger partial charge is 0.0951 e. The van der Waals surface area contributed by atoms with Crippen LogP contribution in [0.15, 0.2) is 0 Å². The summed E-state index contributed by atoms with van der Waals surface area (Å²) in [6, 6.07) is 0.643. The zero-order chi connectivity index (χ0) is 14.9. The molecule has 0 bridgehead atoms. The predicted molar refractivity (Wildman–Crippen MR) is 81.5 cm³/mol. The highest BCUT2D eigenvalue weighted by molar-refractivity contribution is 4.94. The fourth-order valence-electron chi connectivity index (χ4n) is 4.01. The quantitative estimate of drug-likeness (QED) is 0.831. The molecule has 5 heteroatoms. The summed E-state index contributed by atoms with van der Waals surface area (Å²) in [5.74, 6) is 0. The van der Waals surface area contributed by atoms with Gasteiger partial charge in [-0.05, 0) is 26.7 Å². The third-order valence-corrected chi connectivity index (χ3v) is 5.07. The van der Waals surface area contributed by atoms with Gasteiger partial charge in [0, 0.05) is 58.4 Å². The topological polar surface area (TPSA) is 45.2 Å². The average Bonchev–Trinajstić information content (AvgIpc) is 2.86. The van der Waals surface area contributed by atoms with Crippen LogP contribution >= 0.6 is 0 Å². The summed E-state index contributed by atoms with van der Waals surface area (Å²) in [5.41, 5.74) is -0.584. The van der Waals surface area contributed by atoms with Crippen molar-refractivity contribution >= 4 is 0 Å². The first-order valence-corrected chi connectivity index (χ1v) is 8.36. The number of nitrogens with zero attached hydrogens (tertiary/aromatic N) is 2. The number of β-amino-alcohol motifs (C(OH)–C–C–N with tert-alkyl or cyclic N) is 1. The van der Waals surface area contributed by atoms with Crippen LogP contribution in [-0.2, 0) is 9.47 Å². The molecule has 1 N–H and O–H groups in total. The van der Waals surface area contributed by atoms with Crippen LogP contribution in [0.25, 0.3) is 0 Å². The highest BCUT2D eigenvalue weighted by Gasteiger charge is 2.42. The number of aliphatic hydroxyl groups is 1. The van der Waals surface area contributed by atoms with E-state index in [-0.39, 0.29) is 5.60 Å². The molecule has 3 aliphatic rings. The van der Waals surface area contributed by atoms with Gasteiger partial charge in [0.25, 0.3) is 0 Å². The van der Waals surface area contributed by atoms with Crippen LogP contribution in [0.3, 0.4) is 0 Å². The minimum Gasteiger partial charge on any atom is -0.389 e. The summed E-state index contributed by atoms with van der Waals surface area (Å²) in [5, 5.41) is 9.94. The van der Waals surface area contributed by atoms with Gasteiger partial charge in [-0.1, -0.05) is 0 Å². The van der Waals surface area contributed by atoms with E-state index in [0.29, 0.717) is 6.04 Å². The van der Waals surface area contributed by atoms with Gasteiger partial charge in [-0.25, -0.2) is 0 Å². The first-order chi connectivity index (χ1) is 9.96. The maximum absolute atomic E-state index is 9.94. The van der Waals surface area contributed by atoms with E-state index in [4.69, 9.17) is 9.47 Å². The Kier molecular flexibility index (Phi) is 4.58.